The second-order valence-electron chi connectivity index (χ2n) is 4.43. The van der Waals surface area contributed by atoms with Gasteiger partial charge in [-0.25, -0.2) is 0 Å². The average Bonchev–Trinajstić information content (AvgIpc) is 2.47. The molecule has 1 aromatic rings. The molecule has 1 aromatic carbocycles. The number of nitrogens with one attached hydrogen (secondary N) is 1. The maximum Gasteiger partial charge on any atom is 0.265 e. The molecule has 0 saturated carbocycles. The Morgan fingerprint density at radius 2 is 2.25 bits per heavy atom. The van der Waals surface area contributed by atoms with Gasteiger partial charge in [-0.1, -0.05) is 12.1 Å². The third-order valence-corrected chi connectivity index (χ3v) is 2.96. The molecule has 0 radical (unpaired) electrons. The molecule has 0 unspecified atom stereocenters. The maximum absolute atomic E-state index is 11.9. The second-order valence-corrected chi connectivity index (χ2v) is 4.43. The highest BCUT2D eigenvalue weighted by atomic mass is 16.5. The van der Waals surface area contributed by atoms with E-state index in [1.54, 1.807) is 19.2 Å². The van der Waals surface area contributed by atoms with Gasteiger partial charge in [-0.05, 0) is 18.6 Å². The van der Waals surface area contributed by atoms with Crippen molar-refractivity contribution in [3.8, 4) is 5.75 Å². The SMILES string of the molecule is COCCCNC(=O)CN1C(=O)COc2ccccc21. The zero-order chi connectivity index (χ0) is 14.4. The predicted molar refractivity (Wildman–Crippen MR) is 73.8 cm³/mol. The van der Waals surface area contributed by atoms with Crippen molar-refractivity contribution in [2.24, 2.45) is 0 Å². The first-order valence-corrected chi connectivity index (χ1v) is 6.50. The van der Waals surface area contributed by atoms with Crippen LogP contribution in [0.25, 0.3) is 0 Å². The van der Waals surface area contributed by atoms with Crippen LogP contribution in [-0.2, 0) is 14.3 Å². The molecule has 1 aliphatic heterocycles. The molecule has 1 N–H and O–H groups in total. The molecule has 0 aliphatic carbocycles. The molecule has 0 aromatic heterocycles. The summed E-state index contributed by atoms with van der Waals surface area (Å²) in [4.78, 5) is 25.2. The maximum atomic E-state index is 11.9. The highest BCUT2D eigenvalue weighted by Gasteiger charge is 2.26. The van der Waals surface area contributed by atoms with Crippen LogP contribution in [0.2, 0.25) is 0 Å². The minimum absolute atomic E-state index is 0.00614. The minimum atomic E-state index is -0.212. The van der Waals surface area contributed by atoms with Crippen LogP contribution in [0.4, 0.5) is 5.69 Å². The van der Waals surface area contributed by atoms with E-state index in [1.807, 2.05) is 12.1 Å². The molecule has 1 aliphatic rings. The lowest BCUT2D eigenvalue weighted by atomic mass is 10.2. The summed E-state index contributed by atoms with van der Waals surface area (Å²) in [6, 6.07) is 7.19. The Hall–Kier alpha value is -2.08. The fourth-order valence-corrected chi connectivity index (χ4v) is 1.97. The van der Waals surface area contributed by atoms with E-state index in [4.69, 9.17) is 9.47 Å². The van der Waals surface area contributed by atoms with Gasteiger partial charge in [0, 0.05) is 20.3 Å². The molecule has 1 heterocycles. The van der Waals surface area contributed by atoms with Crippen molar-refractivity contribution in [1.29, 1.82) is 0 Å². The van der Waals surface area contributed by atoms with Crippen molar-refractivity contribution in [2.45, 2.75) is 6.42 Å². The summed E-state index contributed by atoms with van der Waals surface area (Å²) >= 11 is 0. The van der Waals surface area contributed by atoms with Crippen molar-refractivity contribution in [3.63, 3.8) is 0 Å². The predicted octanol–water partition coefficient (Wildman–Crippen LogP) is 0.565. The van der Waals surface area contributed by atoms with Gasteiger partial charge in [0.2, 0.25) is 5.91 Å². The Labute approximate surface area is 117 Å². The third kappa shape index (κ3) is 3.48. The van der Waals surface area contributed by atoms with E-state index in [0.29, 0.717) is 24.6 Å². The number of hydrogen-bond donors (Lipinski definition) is 1. The molecular formula is C14H18N2O4. The molecule has 6 nitrogen and oxygen atoms in total. The number of ether oxygens (including phenoxy) is 2. The highest BCUT2D eigenvalue weighted by molar-refractivity contribution is 6.02. The highest BCUT2D eigenvalue weighted by Crippen LogP contribution is 2.30. The molecule has 20 heavy (non-hydrogen) atoms. The number of anilines is 1. The number of nitrogens with zero attached hydrogens (tertiary/aromatic N) is 1. The van der Waals surface area contributed by atoms with E-state index in [2.05, 4.69) is 5.32 Å². The van der Waals surface area contributed by atoms with Gasteiger partial charge in [-0.2, -0.15) is 0 Å². The number of carbonyl (C=O) groups is 2. The van der Waals surface area contributed by atoms with Crippen LogP contribution in [0.5, 0.6) is 5.75 Å². The first-order valence-electron chi connectivity index (χ1n) is 6.50. The molecule has 2 rings (SSSR count). The molecule has 0 spiro atoms. The van der Waals surface area contributed by atoms with Gasteiger partial charge in [0.1, 0.15) is 12.3 Å². The summed E-state index contributed by atoms with van der Waals surface area (Å²) in [5, 5.41) is 2.76. The van der Waals surface area contributed by atoms with E-state index in [9.17, 15) is 9.59 Å². The smallest absolute Gasteiger partial charge is 0.265 e. The fraction of sp³-hybridized carbons (Fsp3) is 0.429. The summed E-state index contributed by atoms with van der Waals surface area (Å²) in [7, 11) is 1.62. The van der Waals surface area contributed by atoms with Gasteiger partial charge < -0.3 is 14.8 Å². The Morgan fingerprint density at radius 3 is 3.05 bits per heavy atom. The summed E-state index contributed by atoms with van der Waals surface area (Å²) in [6.07, 6.45) is 0.746. The van der Waals surface area contributed by atoms with E-state index in [-0.39, 0.29) is 25.0 Å². The Balaban J connectivity index is 1.94. The number of amides is 2. The molecule has 0 fully saturated rings. The average molecular weight is 278 g/mol. The number of methoxy groups -OCH3 is 1. The van der Waals surface area contributed by atoms with Gasteiger partial charge in [-0.15, -0.1) is 0 Å². The van der Waals surface area contributed by atoms with E-state index in [0.717, 1.165) is 6.42 Å². The Morgan fingerprint density at radius 1 is 1.45 bits per heavy atom. The van der Waals surface area contributed by atoms with Crippen molar-refractivity contribution >= 4 is 17.5 Å². The first-order chi connectivity index (χ1) is 9.72. The quantitative estimate of drug-likeness (QED) is 0.772. The van der Waals surface area contributed by atoms with Gasteiger partial charge >= 0.3 is 0 Å². The lowest BCUT2D eigenvalue weighted by Crippen LogP contribution is -2.45. The molecule has 0 bridgehead atoms. The molecule has 0 atom stereocenters. The monoisotopic (exact) mass is 278 g/mol. The van der Waals surface area contributed by atoms with Crippen LogP contribution in [-0.4, -0.2) is 45.2 Å². The van der Waals surface area contributed by atoms with Crippen molar-refractivity contribution in [3.05, 3.63) is 24.3 Å². The fourth-order valence-electron chi connectivity index (χ4n) is 1.97. The van der Waals surface area contributed by atoms with Crippen LogP contribution in [0.15, 0.2) is 24.3 Å². The largest absolute Gasteiger partial charge is 0.482 e. The molecule has 2 amide bonds. The number of hydrogen-bond acceptors (Lipinski definition) is 4. The summed E-state index contributed by atoms with van der Waals surface area (Å²) in [5.74, 6) is 0.223. The number of fused-ring (bicyclic) bond motifs is 1. The van der Waals surface area contributed by atoms with Gasteiger partial charge in [0.25, 0.3) is 5.91 Å². The second kappa shape index (κ2) is 6.91. The lowest BCUT2D eigenvalue weighted by molar-refractivity contribution is -0.125. The van der Waals surface area contributed by atoms with E-state index < -0.39 is 0 Å². The van der Waals surface area contributed by atoms with Crippen molar-refractivity contribution in [2.75, 3.05) is 38.3 Å². The first kappa shape index (κ1) is 14.3. The molecule has 6 heteroatoms. The lowest BCUT2D eigenvalue weighted by Gasteiger charge is -2.28. The minimum Gasteiger partial charge on any atom is -0.482 e. The van der Waals surface area contributed by atoms with E-state index in [1.165, 1.54) is 4.90 Å². The summed E-state index contributed by atoms with van der Waals surface area (Å²) < 4.78 is 10.2. The van der Waals surface area contributed by atoms with Gasteiger partial charge in [-0.3, -0.25) is 14.5 Å². The molecule has 108 valence electrons. The number of rotatable bonds is 6. The number of benzene rings is 1. The molecule has 0 saturated heterocycles. The van der Waals surface area contributed by atoms with Crippen molar-refractivity contribution in [1.82, 2.24) is 5.32 Å². The number of para-hydroxylation sites is 2. The van der Waals surface area contributed by atoms with Crippen LogP contribution in [0, 0.1) is 0 Å². The Bertz CT molecular complexity index is 490. The standard InChI is InChI=1S/C14H18N2O4/c1-19-8-4-7-15-13(17)9-16-11-5-2-3-6-12(11)20-10-14(16)18/h2-3,5-6H,4,7-10H2,1H3,(H,15,17). The van der Waals surface area contributed by atoms with Crippen LogP contribution >= 0.6 is 0 Å². The normalized spacial score (nSPS) is 13.7. The van der Waals surface area contributed by atoms with Gasteiger partial charge in [0.05, 0.1) is 5.69 Å². The zero-order valence-corrected chi connectivity index (χ0v) is 11.4. The van der Waals surface area contributed by atoms with Crippen LogP contribution in [0.3, 0.4) is 0 Å². The van der Waals surface area contributed by atoms with Crippen LogP contribution in [0.1, 0.15) is 6.42 Å². The van der Waals surface area contributed by atoms with Crippen LogP contribution < -0.4 is 15.0 Å². The topological polar surface area (TPSA) is 67.9 Å². The Kier molecular flexibility index (Phi) is 4.95. The zero-order valence-electron chi connectivity index (χ0n) is 11.4. The van der Waals surface area contributed by atoms with E-state index >= 15 is 0 Å². The molecular weight excluding hydrogens is 260 g/mol. The summed E-state index contributed by atoms with van der Waals surface area (Å²) in [6.45, 7) is 1.10. The van der Waals surface area contributed by atoms with Gasteiger partial charge in [0.15, 0.2) is 6.61 Å². The number of carbonyl (C=O) groups excluding carboxylic acids is 2. The summed E-state index contributed by atoms with van der Waals surface area (Å²) in [5.41, 5.74) is 0.635. The third-order valence-electron chi connectivity index (χ3n) is 2.96. The van der Waals surface area contributed by atoms with Crippen molar-refractivity contribution < 1.29 is 19.1 Å².